The van der Waals surface area contributed by atoms with E-state index in [1.54, 1.807) is 31.2 Å². The summed E-state index contributed by atoms with van der Waals surface area (Å²) in [6, 6.07) is 7.55. The zero-order chi connectivity index (χ0) is 17.2. The van der Waals surface area contributed by atoms with Crippen molar-refractivity contribution in [2.45, 2.75) is 19.4 Å². The molecule has 0 aliphatic carbocycles. The normalized spacial score (nSPS) is 11.9. The highest BCUT2D eigenvalue weighted by Crippen LogP contribution is 2.05. The first-order valence-corrected chi connectivity index (χ1v) is 6.99. The van der Waals surface area contributed by atoms with Crippen molar-refractivity contribution in [2.24, 2.45) is 0 Å². The molecule has 0 fully saturated rings. The molecule has 0 heterocycles. The summed E-state index contributed by atoms with van der Waals surface area (Å²) in [5.74, 6) is -2.39. The quantitative estimate of drug-likeness (QED) is 0.300. The lowest BCUT2D eigenvalue weighted by Crippen LogP contribution is -2.54. The van der Waals surface area contributed by atoms with E-state index in [1.807, 2.05) is 6.07 Å². The Balaban J connectivity index is 2.89. The second kappa shape index (κ2) is 9.26. The lowest BCUT2D eigenvalue weighted by molar-refractivity contribution is -0.147. The molecule has 1 amide bonds. The lowest BCUT2D eigenvalue weighted by Gasteiger charge is -2.26. The number of nitrogens with one attached hydrogen (secondary N) is 1. The van der Waals surface area contributed by atoms with Gasteiger partial charge >= 0.3 is 5.97 Å². The molecule has 1 aromatic rings. The maximum absolute atomic E-state index is 12.2. The van der Waals surface area contributed by atoms with Crippen molar-refractivity contribution in [2.75, 3.05) is 6.54 Å². The van der Waals surface area contributed by atoms with Crippen LogP contribution in [0.2, 0.25) is 0 Å². The third-order valence-electron chi connectivity index (χ3n) is 2.91. The van der Waals surface area contributed by atoms with Gasteiger partial charge in [0.2, 0.25) is 5.91 Å². The van der Waals surface area contributed by atoms with Gasteiger partial charge in [0.15, 0.2) is 18.1 Å². The van der Waals surface area contributed by atoms with Crippen LogP contribution < -0.4 is 5.43 Å². The molecule has 7 nitrogen and oxygen atoms in total. The number of hydrogen-bond donors (Lipinski definition) is 2. The van der Waals surface area contributed by atoms with Crippen molar-refractivity contribution in [3.05, 3.63) is 42.0 Å². The maximum Gasteiger partial charge on any atom is 0.319 e. The van der Waals surface area contributed by atoms with E-state index in [0.717, 1.165) is 10.6 Å². The third-order valence-corrected chi connectivity index (χ3v) is 2.91. The van der Waals surface area contributed by atoms with E-state index in [4.69, 9.17) is 5.11 Å². The molecule has 1 aromatic carbocycles. The number of nitrogens with zero attached hydrogens (tertiary/aromatic N) is 1. The lowest BCUT2D eigenvalue weighted by atomic mass is 10.1. The first-order valence-electron chi connectivity index (χ1n) is 6.99. The van der Waals surface area contributed by atoms with Crippen LogP contribution in [0.1, 0.15) is 18.9 Å². The molecule has 0 aromatic heterocycles. The molecule has 0 bridgehead atoms. The van der Waals surface area contributed by atoms with Crippen molar-refractivity contribution >= 4 is 30.0 Å². The monoisotopic (exact) mass is 318 g/mol. The minimum atomic E-state index is -1.42. The van der Waals surface area contributed by atoms with Crippen molar-refractivity contribution in [3.8, 4) is 0 Å². The highest BCUT2D eigenvalue weighted by atomic mass is 16.4. The molecule has 1 rings (SSSR count). The molecule has 0 saturated heterocycles. The smallest absolute Gasteiger partial charge is 0.319 e. The van der Waals surface area contributed by atoms with Crippen LogP contribution in [0.5, 0.6) is 0 Å². The van der Waals surface area contributed by atoms with Crippen LogP contribution in [-0.4, -0.2) is 46.6 Å². The maximum atomic E-state index is 12.2. The van der Waals surface area contributed by atoms with Gasteiger partial charge in [0.25, 0.3) is 0 Å². The van der Waals surface area contributed by atoms with Crippen molar-refractivity contribution in [1.29, 1.82) is 0 Å². The Kier molecular flexibility index (Phi) is 7.35. The Hall–Kier alpha value is -2.80. The fraction of sp³-hybridized carbons (Fsp3) is 0.250. The molecule has 1 unspecified atom stereocenters. The molecule has 7 heteroatoms. The summed E-state index contributed by atoms with van der Waals surface area (Å²) in [6.45, 7) is 0.968. The number of carboxylic acid groups (broad SMARTS) is 1. The van der Waals surface area contributed by atoms with E-state index >= 15 is 0 Å². The van der Waals surface area contributed by atoms with Gasteiger partial charge in [0.1, 0.15) is 6.54 Å². The molecule has 0 aliphatic rings. The molecular weight excluding hydrogens is 300 g/mol. The molecule has 0 aliphatic heterocycles. The number of ketones is 1. The Morgan fingerprint density at radius 1 is 1.26 bits per heavy atom. The molecule has 0 radical (unpaired) electrons. The fourth-order valence-electron chi connectivity index (χ4n) is 1.76. The topological polar surface area (TPSA) is 104 Å². The molecule has 1 atom stereocenters. The summed E-state index contributed by atoms with van der Waals surface area (Å²) in [7, 11) is 0. The van der Waals surface area contributed by atoms with Crippen molar-refractivity contribution < 1.29 is 24.3 Å². The largest absolute Gasteiger partial charge is 0.480 e. The van der Waals surface area contributed by atoms with E-state index in [-0.39, 0.29) is 6.42 Å². The van der Waals surface area contributed by atoms with E-state index in [9.17, 15) is 19.2 Å². The van der Waals surface area contributed by atoms with Crippen LogP contribution >= 0.6 is 0 Å². The number of aliphatic carboxylic acids is 1. The SMILES string of the molecule is CCC(=O)N(NCC(=O)O)C(C=O)C(=O)C=Cc1ccccc1. The number of amides is 1. The Bertz CT molecular complexity index is 598. The minimum absolute atomic E-state index is 0.0205. The second-order valence-corrected chi connectivity index (χ2v) is 4.57. The van der Waals surface area contributed by atoms with Gasteiger partial charge in [-0.1, -0.05) is 43.3 Å². The van der Waals surface area contributed by atoms with Gasteiger partial charge in [-0.3, -0.25) is 19.4 Å². The first-order chi connectivity index (χ1) is 11.0. The van der Waals surface area contributed by atoms with E-state index < -0.39 is 30.2 Å². The van der Waals surface area contributed by atoms with Crippen LogP contribution in [0.4, 0.5) is 0 Å². The van der Waals surface area contributed by atoms with Gasteiger partial charge < -0.3 is 9.90 Å². The summed E-state index contributed by atoms with van der Waals surface area (Å²) in [5.41, 5.74) is 3.06. The number of carbonyl (C=O) groups is 4. The van der Waals surface area contributed by atoms with Gasteiger partial charge in [-0.15, -0.1) is 0 Å². The van der Waals surface area contributed by atoms with Gasteiger partial charge in [0.05, 0.1) is 0 Å². The predicted octanol–water partition coefficient (Wildman–Crippen LogP) is 0.664. The molecule has 0 spiro atoms. The molecule has 0 saturated carbocycles. The highest BCUT2D eigenvalue weighted by Gasteiger charge is 2.27. The Morgan fingerprint density at radius 3 is 2.43 bits per heavy atom. The number of hydrogen-bond acceptors (Lipinski definition) is 5. The van der Waals surface area contributed by atoms with E-state index in [2.05, 4.69) is 5.43 Å². The minimum Gasteiger partial charge on any atom is -0.480 e. The van der Waals surface area contributed by atoms with Crippen molar-refractivity contribution in [3.63, 3.8) is 0 Å². The summed E-state index contributed by atoms with van der Waals surface area (Å²) in [6.07, 6.45) is 3.03. The number of benzene rings is 1. The van der Waals surface area contributed by atoms with Crippen LogP contribution in [0.15, 0.2) is 36.4 Å². The van der Waals surface area contributed by atoms with E-state index in [1.165, 1.54) is 12.2 Å². The zero-order valence-electron chi connectivity index (χ0n) is 12.6. The first kappa shape index (κ1) is 18.2. The standard InChI is InChI=1S/C16H18N2O5/c1-2-15(21)18(17-10-16(22)23)13(11-19)14(20)9-8-12-6-4-3-5-7-12/h3-9,11,13,17H,2,10H2,1H3,(H,22,23). The second-order valence-electron chi connectivity index (χ2n) is 4.57. The average Bonchev–Trinajstić information content (AvgIpc) is 2.56. The Labute approximate surface area is 133 Å². The number of carbonyl (C=O) groups excluding carboxylic acids is 3. The van der Waals surface area contributed by atoms with E-state index in [0.29, 0.717) is 6.29 Å². The number of carboxylic acids is 1. The molecule has 122 valence electrons. The van der Waals surface area contributed by atoms with Crippen LogP contribution in [0.25, 0.3) is 6.08 Å². The summed E-state index contributed by atoms with van der Waals surface area (Å²) in [4.78, 5) is 45.8. The van der Waals surface area contributed by atoms with Gasteiger partial charge in [0, 0.05) is 6.42 Å². The van der Waals surface area contributed by atoms with Crippen LogP contribution in [0.3, 0.4) is 0 Å². The highest BCUT2D eigenvalue weighted by molar-refractivity contribution is 6.08. The number of rotatable bonds is 9. The predicted molar refractivity (Wildman–Crippen MR) is 83.1 cm³/mol. The summed E-state index contributed by atoms with van der Waals surface area (Å²) in [5, 5.41) is 9.44. The van der Waals surface area contributed by atoms with Crippen molar-refractivity contribution in [1.82, 2.24) is 10.4 Å². The molecule has 2 N–H and O–H groups in total. The number of aldehydes is 1. The zero-order valence-corrected chi connectivity index (χ0v) is 12.6. The van der Waals surface area contributed by atoms with Gasteiger partial charge in [-0.25, -0.2) is 5.43 Å². The third kappa shape index (κ3) is 5.84. The number of hydrazine groups is 1. The fourth-order valence-corrected chi connectivity index (χ4v) is 1.76. The molecule has 23 heavy (non-hydrogen) atoms. The van der Waals surface area contributed by atoms with Gasteiger partial charge in [-0.05, 0) is 11.6 Å². The summed E-state index contributed by atoms with van der Waals surface area (Å²) >= 11 is 0. The molecular formula is C16H18N2O5. The van der Waals surface area contributed by atoms with Crippen LogP contribution in [0, 0.1) is 0 Å². The van der Waals surface area contributed by atoms with Gasteiger partial charge in [-0.2, -0.15) is 0 Å². The Morgan fingerprint density at radius 2 is 1.91 bits per heavy atom. The average molecular weight is 318 g/mol. The van der Waals surface area contributed by atoms with Crippen LogP contribution in [-0.2, 0) is 19.2 Å². The summed E-state index contributed by atoms with van der Waals surface area (Å²) < 4.78 is 0.